The number of hydrogen-bond acceptors (Lipinski definition) is 6. The van der Waals surface area contributed by atoms with E-state index in [0.29, 0.717) is 28.4 Å². The molecule has 0 amide bonds. The first-order chi connectivity index (χ1) is 17.0. The highest BCUT2D eigenvalue weighted by Crippen LogP contribution is 2.44. The second-order valence-electron chi connectivity index (χ2n) is 9.84. The van der Waals surface area contributed by atoms with E-state index in [1.54, 1.807) is 18.5 Å². The third kappa shape index (κ3) is 3.58. The zero-order chi connectivity index (χ0) is 24.2. The maximum absolute atomic E-state index is 15.4. The molecule has 0 unspecified atom stereocenters. The van der Waals surface area contributed by atoms with Gasteiger partial charge in [0.25, 0.3) is 0 Å². The highest BCUT2D eigenvalue weighted by molar-refractivity contribution is 5.94. The molecule has 178 valence electrons. The van der Waals surface area contributed by atoms with Crippen molar-refractivity contribution in [2.24, 2.45) is 5.41 Å². The predicted octanol–water partition coefficient (Wildman–Crippen LogP) is 4.99. The summed E-state index contributed by atoms with van der Waals surface area (Å²) < 4.78 is 22.8. The standard InChI is InChI=1S/C27H27FN6O/c1-17-19(14-29)4-3-5-20(17)18(2)31-25-21-12-24(33-15-27(16-33)6-10-35-11-7-27)22(28)13-23(21)34-9-8-30-26(34)32-25/h3-5,8-9,12-13,18H,6-7,10-11,15-16H2,1-2H3,(H,30,31,32)/t18-/m1/s1. The molecule has 4 heterocycles. The molecule has 1 N–H and O–H groups in total. The summed E-state index contributed by atoms with van der Waals surface area (Å²) in [5.41, 5.74) is 4.18. The molecule has 1 spiro atoms. The lowest BCUT2D eigenvalue weighted by Gasteiger charge is -2.53. The second-order valence-corrected chi connectivity index (χ2v) is 9.84. The molecule has 2 fully saturated rings. The number of halogens is 1. The van der Waals surface area contributed by atoms with E-state index in [9.17, 15) is 5.26 Å². The van der Waals surface area contributed by atoms with Crippen LogP contribution in [-0.4, -0.2) is 40.7 Å². The van der Waals surface area contributed by atoms with Crippen molar-refractivity contribution < 1.29 is 9.13 Å². The maximum Gasteiger partial charge on any atom is 0.236 e. The minimum Gasteiger partial charge on any atom is -0.381 e. The van der Waals surface area contributed by atoms with E-state index in [0.717, 1.165) is 55.7 Å². The van der Waals surface area contributed by atoms with E-state index in [2.05, 4.69) is 21.3 Å². The molecular formula is C27H27FN6O. The van der Waals surface area contributed by atoms with Crippen molar-refractivity contribution in [1.29, 1.82) is 5.26 Å². The van der Waals surface area contributed by atoms with Gasteiger partial charge in [-0.05, 0) is 49.9 Å². The van der Waals surface area contributed by atoms with E-state index in [1.807, 2.05) is 42.5 Å². The minimum atomic E-state index is -0.239. The Bertz CT molecular complexity index is 1470. The Morgan fingerprint density at radius 1 is 1.23 bits per heavy atom. The number of hydrogen-bond donors (Lipinski definition) is 1. The monoisotopic (exact) mass is 470 g/mol. The van der Waals surface area contributed by atoms with E-state index in [1.165, 1.54) is 0 Å². The molecule has 2 aromatic heterocycles. The van der Waals surface area contributed by atoms with Gasteiger partial charge >= 0.3 is 0 Å². The molecule has 6 rings (SSSR count). The molecule has 1 atom stereocenters. The van der Waals surface area contributed by atoms with Gasteiger partial charge in [-0.3, -0.25) is 4.40 Å². The van der Waals surface area contributed by atoms with Crippen molar-refractivity contribution in [2.75, 3.05) is 36.5 Å². The fourth-order valence-corrected chi connectivity index (χ4v) is 5.60. The van der Waals surface area contributed by atoms with E-state index >= 15 is 4.39 Å². The first kappa shape index (κ1) is 21.8. The van der Waals surface area contributed by atoms with Crippen LogP contribution in [0.2, 0.25) is 0 Å². The molecule has 2 aliphatic heterocycles. The zero-order valence-electron chi connectivity index (χ0n) is 19.9. The second kappa shape index (κ2) is 8.21. The summed E-state index contributed by atoms with van der Waals surface area (Å²) in [6.45, 7) is 7.27. The van der Waals surface area contributed by atoms with Crippen LogP contribution in [0.25, 0.3) is 16.7 Å². The Balaban J connectivity index is 1.40. The number of nitrogens with one attached hydrogen (secondary N) is 1. The van der Waals surface area contributed by atoms with Gasteiger partial charge in [-0.25, -0.2) is 9.37 Å². The number of aromatic nitrogens is 3. The van der Waals surface area contributed by atoms with E-state index in [-0.39, 0.29) is 17.3 Å². The lowest BCUT2D eigenvalue weighted by molar-refractivity contribution is -0.000378. The number of fused-ring (bicyclic) bond motifs is 3. The molecule has 2 aliphatic rings. The summed E-state index contributed by atoms with van der Waals surface area (Å²) in [5.74, 6) is 0.916. The molecule has 8 heteroatoms. The van der Waals surface area contributed by atoms with Gasteiger partial charge in [0.1, 0.15) is 11.6 Å². The van der Waals surface area contributed by atoms with Crippen LogP contribution < -0.4 is 10.2 Å². The number of ether oxygens (including phenoxy) is 1. The molecule has 4 aromatic rings. The van der Waals surface area contributed by atoms with Gasteiger partial charge in [-0.2, -0.15) is 10.2 Å². The number of nitrogens with zero attached hydrogens (tertiary/aromatic N) is 5. The first-order valence-corrected chi connectivity index (χ1v) is 12.0. The molecule has 0 radical (unpaired) electrons. The van der Waals surface area contributed by atoms with E-state index in [4.69, 9.17) is 9.72 Å². The van der Waals surface area contributed by atoms with Gasteiger partial charge in [0.15, 0.2) is 0 Å². The van der Waals surface area contributed by atoms with Crippen molar-refractivity contribution in [1.82, 2.24) is 14.4 Å². The topological polar surface area (TPSA) is 78.5 Å². The largest absolute Gasteiger partial charge is 0.381 e. The molecular weight excluding hydrogens is 443 g/mol. The van der Waals surface area contributed by atoms with Gasteiger partial charge in [0, 0.05) is 55.6 Å². The molecule has 7 nitrogen and oxygen atoms in total. The van der Waals surface area contributed by atoms with Gasteiger partial charge < -0.3 is 15.0 Å². The Morgan fingerprint density at radius 3 is 2.80 bits per heavy atom. The van der Waals surface area contributed by atoms with Gasteiger partial charge in [0.05, 0.1) is 28.9 Å². The Labute approximate surface area is 203 Å². The van der Waals surface area contributed by atoms with Crippen LogP contribution in [0.4, 0.5) is 15.9 Å². The first-order valence-electron chi connectivity index (χ1n) is 12.0. The van der Waals surface area contributed by atoms with Gasteiger partial charge in [0.2, 0.25) is 5.78 Å². The Morgan fingerprint density at radius 2 is 2.03 bits per heavy atom. The summed E-state index contributed by atoms with van der Waals surface area (Å²) in [6, 6.07) is 11.4. The van der Waals surface area contributed by atoms with Crippen molar-refractivity contribution in [3.8, 4) is 6.07 Å². The molecule has 35 heavy (non-hydrogen) atoms. The smallest absolute Gasteiger partial charge is 0.236 e. The summed E-state index contributed by atoms with van der Waals surface area (Å²) in [4.78, 5) is 11.3. The average Bonchev–Trinajstić information content (AvgIpc) is 3.32. The highest BCUT2D eigenvalue weighted by atomic mass is 19.1. The number of nitriles is 1. The molecule has 0 bridgehead atoms. The number of rotatable bonds is 4. The van der Waals surface area contributed by atoms with E-state index < -0.39 is 0 Å². The molecule has 0 saturated carbocycles. The van der Waals surface area contributed by atoms with Crippen molar-refractivity contribution in [3.05, 3.63) is 65.2 Å². The number of anilines is 2. The summed E-state index contributed by atoms with van der Waals surface area (Å²) in [7, 11) is 0. The van der Waals surface area contributed by atoms with Crippen LogP contribution in [-0.2, 0) is 4.74 Å². The van der Waals surface area contributed by atoms with Crippen LogP contribution in [0, 0.1) is 29.5 Å². The molecule has 2 saturated heterocycles. The fraction of sp³-hybridized carbons (Fsp3) is 0.370. The van der Waals surface area contributed by atoms with Crippen molar-refractivity contribution in [2.45, 2.75) is 32.7 Å². The van der Waals surface area contributed by atoms with Crippen LogP contribution in [0.15, 0.2) is 42.7 Å². The minimum absolute atomic E-state index is 0.112. The summed E-state index contributed by atoms with van der Waals surface area (Å²) >= 11 is 0. The normalized spacial score (nSPS) is 17.9. The quantitative estimate of drug-likeness (QED) is 0.453. The molecule has 2 aromatic carbocycles. The lowest BCUT2D eigenvalue weighted by Crippen LogP contribution is -2.58. The van der Waals surface area contributed by atoms with Gasteiger partial charge in [-0.15, -0.1) is 0 Å². The third-order valence-electron chi connectivity index (χ3n) is 7.68. The predicted molar refractivity (Wildman–Crippen MR) is 133 cm³/mol. The number of imidazole rings is 1. The van der Waals surface area contributed by atoms with Crippen molar-refractivity contribution in [3.63, 3.8) is 0 Å². The maximum atomic E-state index is 15.4. The van der Waals surface area contributed by atoms with Crippen molar-refractivity contribution >= 4 is 28.2 Å². The lowest BCUT2D eigenvalue weighted by atomic mass is 9.73. The average molecular weight is 471 g/mol. The van der Waals surface area contributed by atoms with Crippen LogP contribution in [0.5, 0.6) is 0 Å². The summed E-state index contributed by atoms with van der Waals surface area (Å²) in [6.07, 6.45) is 5.53. The fourth-order valence-electron chi connectivity index (χ4n) is 5.60. The highest BCUT2D eigenvalue weighted by Gasteiger charge is 2.44. The zero-order valence-corrected chi connectivity index (χ0v) is 19.9. The third-order valence-corrected chi connectivity index (χ3v) is 7.68. The van der Waals surface area contributed by atoms with Gasteiger partial charge in [-0.1, -0.05) is 12.1 Å². The Hall–Kier alpha value is -3.70. The number of benzene rings is 2. The van der Waals surface area contributed by atoms with Crippen LogP contribution >= 0.6 is 0 Å². The summed E-state index contributed by atoms with van der Waals surface area (Å²) in [5, 5.41) is 13.8. The molecule has 0 aliphatic carbocycles. The Kier molecular flexibility index (Phi) is 5.11. The van der Waals surface area contributed by atoms with Crippen LogP contribution in [0.3, 0.4) is 0 Å². The van der Waals surface area contributed by atoms with Crippen LogP contribution in [0.1, 0.15) is 42.5 Å². The SMILES string of the molecule is Cc1c(C#N)cccc1[C@@H](C)Nc1nc2nccn2c2cc(F)c(N3CC4(CCOCC4)C3)cc12.